The molecule has 0 radical (unpaired) electrons. The molecule has 0 atom stereocenters. The maximum atomic E-state index is 11.4. The van der Waals surface area contributed by atoms with Crippen molar-refractivity contribution >= 4 is 17.3 Å². The molecular formula is C37H41NO2. The predicted molar refractivity (Wildman–Crippen MR) is 170 cm³/mol. The van der Waals surface area contributed by atoms with E-state index in [1.54, 1.807) is 0 Å². The number of rotatable bonds is 9. The van der Waals surface area contributed by atoms with Gasteiger partial charge in [-0.3, -0.25) is 9.79 Å². The molecule has 4 aromatic carbocycles. The van der Waals surface area contributed by atoms with E-state index in [9.17, 15) is 4.79 Å². The molecule has 0 bridgehead atoms. The van der Waals surface area contributed by atoms with Crippen LogP contribution in [-0.2, 0) is 16.0 Å². The number of hydrogen-bond donors (Lipinski definition) is 0. The summed E-state index contributed by atoms with van der Waals surface area (Å²) in [5, 5.41) is 0. The lowest BCUT2D eigenvalue weighted by atomic mass is 9.91. The highest BCUT2D eigenvalue weighted by atomic mass is 16.5. The summed E-state index contributed by atoms with van der Waals surface area (Å²) in [5.41, 5.74) is 10.9. The Morgan fingerprint density at radius 2 is 1.40 bits per heavy atom. The Morgan fingerprint density at radius 3 is 2.00 bits per heavy atom. The number of carbonyl (C=O) groups excluding carboxylic acids is 1. The number of carbonyl (C=O) groups is 1. The van der Waals surface area contributed by atoms with E-state index >= 15 is 0 Å². The predicted octanol–water partition coefficient (Wildman–Crippen LogP) is 9.15. The first-order chi connectivity index (χ1) is 19.5. The van der Waals surface area contributed by atoms with Crippen LogP contribution in [0.4, 0.5) is 0 Å². The lowest BCUT2D eigenvalue weighted by Gasteiger charge is -2.15. The number of ether oxygens (including phenoxy) is 1. The zero-order chi connectivity index (χ0) is 28.7. The lowest BCUT2D eigenvalue weighted by Crippen LogP contribution is -2.06. The van der Waals surface area contributed by atoms with Crippen molar-refractivity contribution in [3.8, 4) is 11.1 Å². The second-order valence-electron chi connectivity index (χ2n) is 9.63. The molecule has 0 N–H and O–H groups in total. The molecule has 0 heterocycles. The van der Waals surface area contributed by atoms with Gasteiger partial charge < -0.3 is 4.74 Å². The van der Waals surface area contributed by atoms with Crippen LogP contribution in [0.5, 0.6) is 0 Å². The Morgan fingerprint density at radius 1 is 0.775 bits per heavy atom. The molecule has 3 heteroatoms. The summed E-state index contributed by atoms with van der Waals surface area (Å²) >= 11 is 0. The third kappa shape index (κ3) is 8.64. The largest absolute Gasteiger partial charge is 0.466 e. The molecule has 4 rings (SSSR count). The van der Waals surface area contributed by atoms with Gasteiger partial charge in [-0.2, -0.15) is 0 Å². The van der Waals surface area contributed by atoms with Crippen LogP contribution >= 0.6 is 0 Å². The quantitative estimate of drug-likeness (QED) is 0.160. The molecule has 0 saturated carbocycles. The van der Waals surface area contributed by atoms with E-state index in [2.05, 4.69) is 105 Å². The highest BCUT2D eigenvalue weighted by Gasteiger charge is 2.13. The van der Waals surface area contributed by atoms with Crippen LogP contribution in [0.15, 0.2) is 120 Å². The van der Waals surface area contributed by atoms with Crippen molar-refractivity contribution in [3.63, 3.8) is 0 Å². The highest BCUT2D eigenvalue weighted by molar-refractivity contribution is 6.32. The summed E-state index contributed by atoms with van der Waals surface area (Å²) in [6, 6.07) is 37.6. The van der Waals surface area contributed by atoms with Crippen molar-refractivity contribution in [3.05, 3.63) is 137 Å². The summed E-state index contributed by atoms with van der Waals surface area (Å²) < 4.78 is 4.96. The van der Waals surface area contributed by atoms with Gasteiger partial charge in [-0.15, -0.1) is 0 Å². The smallest absolute Gasteiger partial charge is 0.306 e. The Bertz CT molecular complexity index is 1420. The van der Waals surface area contributed by atoms with Crippen molar-refractivity contribution in [1.82, 2.24) is 0 Å². The van der Waals surface area contributed by atoms with Crippen LogP contribution in [0.2, 0.25) is 0 Å². The van der Waals surface area contributed by atoms with Crippen LogP contribution in [0.1, 0.15) is 55.9 Å². The van der Waals surface area contributed by atoms with E-state index in [0.29, 0.717) is 13.0 Å². The fourth-order valence-electron chi connectivity index (χ4n) is 4.62. The minimum Gasteiger partial charge on any atom is -0.466 e. The van der Waals surface area contributed by atoms with Crippen molar-refractivity contribution in [2.45, 2.75) is 47.0 Å². The van der Waals surface area contributed by atoms with E-state index in [1.165, 1.54) is 44.5 Å². The van der Waals surface area contributed by atoms with E-state index in [0.717, 1.165) is 18.6 Å². The fraction of sp³-hybridized carbons (Fsp3) is 0.243. The minimum atomic E-state index is -0.131. The van der Waals surface area contributed by atoms with Gasteiger partial charge in [0, 0.05) is 24.6 Å². The van der Waals surface area contributed by atoms with Crippen molar-refractivity contribution in [1.29, 1.82) is 0 Å². The molecule has 0 aliphatic carbocycles. The summed E-state index contributed by atoms with van der Waals surface area (Å²) in [6.45, 7) is 8.77. The number of hydrogen-bond acceptors (Lipinski definition) is 3. The summed E-state index contributed by atoms with van der Waals surface area (Å²) in [6.07, 6.45) is 2.18. The van der Waals surface area contributed by atoms with Gasteiger partial charge in [0.15, 0.2) is 0 Å². The molecule has 3 nitrogen and oxygen atoms in total. The molecule has 0 amide bonds. The maximum Gasteiger partial charge on any atom is 0.306 e. The lowest BCUT2D eigenvalue weighted by molar-refractivity contribution is -0.143. The van der Waals surface area contributed by atoms with Gasteiger partial charge in [-0.25, -0.2) is 0 Å². The monoisotopic (exact) mass is 531 g/mol. The van der Waals surface area contributed by atoms with Crippen molar-refractivity contribution < 1.29 is 9.53 Å². The molecule has 0 fully saturated rings. The van der Waals surface area contributed by atoms with E-state index in [4.69, 9.17) is 4.74 Å². The zero-order valence-electron chi connectivity index (χ0n) is 24.5. The van der Waals surface area contributed by atoms with Crippen LogP contribution in [0.25, 0.3) is 16.7 Å². The van der Waals surface area contributed by atoms with Crippen LogP contribution in [0, 0.1) is 6.92 Å². The average Bonchev–Trinajstić information content (AvgIpc) is 3.00. The molecule has 0 aliphatic heterocycles. The SMILES string of the molecule is CC/C(C)=C(/C(=NC)c1ccccc1)c1ccccc1.CCOC(=O)CCc1cccc(-c2ccccc2C)c1. The molecule has 0 spiro atoms. The van der Waals surface area contributed by atoms with Crippen LogP contribution in [0.3, 0.4) is 0 Å². The first-order valence-corrected chi connectivity index (χ1v) is 14.1. The van der Waals surface area contributed by atoms with Gasteiger partial charge in [-0.05, 0) is 61.4 Å². The number of aliphatic imine (C=N–C) groups is 1. The summed E-state index contributed by atoms with van der Waals surface area (Å²) in [4.78, 5) is 16.0. The van der Waals surface area contributed by atoms with Gasteiger partial charge in [0.25, 0.3) is 0 Å². The van der Waals surface area contributed by atoms with Gasteiger partial charge >= 0.3 is 5.97 Å². The van der Waals surface area contributed by atoms with Gasteiger partial charge in [0.1, 0.15) is 0 Å². The third-order valence-electron chi connectivity index (χ3n) is 6.83. The number of allylic oxidation sites excluding steroid dienone is 2. The Labute approximate surface area is 240 Å². The first kappa shape index (κ1) is 30.3. The summed E-state index contributed by atoms with van der Waals surface area (Å²) in [7, 11) is 1.87. The normalized spacial score (nSPS) is 11.7. The van der Waals surface area contributed by atoms with Crippen molar-refractivity contribution in [2.24, 2.45) is 4.99 Å². The average molecular weight is 532 g/mol. The third-order valence-corrected chi connectivity index (χ3v) is 6.83. The zero-order valence-corrected chi connectivity index (χ0v) is 24.5. The Kier molecular flexibility index (Phi) is 12.1. The molecular weight excluding hydrogens is 490 g/mol. The van der Waals surface area contributed by atoms with Gasteiger partial charge in [0.2, 0.25) is 0 Å². The van der Waals surface area contributed by atoms with Gasteiger partial charge in [-0.1, -0.05) is 122 Å². The fourth-order valence-corrected chi connectivity index (χ4v) is 4.62. The molecule has 0 aliphatic rings. The van der Waals surface area contributed by atoms with E-state index in [1.807, 2.05) is 44.3 Å². The molecule has 40 heavy (non-hydrogen) atoms. The molecule has 0 unspecified atom stereocenters. The first-order valence-electron chi connectivity index (χ1n) is 14.1. The number of nitrogens with zero attached hydrogens (tertiary/aromatic N) is 1. The van der Waals surface area contributed by atoms with Crippen LogP contribution < -0.4 is 0 Å². The second kappa shape index (κ2) is 16.0. The number of benzene rings is 4. The highest BCUT2D eigenvalue weighted by Crippen LogP contribution is 2.26. The van der Waals surface area contributed by atoms with Crippen LogP contribution in [-0.4, -0.2) is 25.3 Å². The van der Waals surface area contributed by atoms with E-state index < -0.39 is 0 Å². The topological polar surface area (TPSA) is 38.7 Å². The Balaban J connectivity index is 0.000000220. The molecule has 206 valence electrons. The minimum absolute atomic E-state index is 0.131. The maximum absolute atomic E-state index is 11.4. The number of esters is 1. The standard InChI is InChI=1S/C19H21N.C18H20O2/c1-4-15(2)18(16-11-7-5-8-12-16)19(20-3)17-13-9-6-10-14-17;1-3-20-18(19)12-11-15-8-6-9-16(13-15)17-10-5-4-7-14(17)2/h5-14H,4H2,1-3H3;4-10,13H,3,11-12H2,1-2H3/b18-15+,20-19?;. The molecule has 4 aromatic rings. The molecule has 0 saturated heterocycles. The molecule has 0 aromatic heterocycles. The van der Waals surface area contributed by atoms with E-state index in [-0.39, 0.29) is 5.97 Å². The summed E-state index contributed by atoms with van der Waals surface area (Å²) in [5.74, 6) is -0.131. The van der Waals surface area contributed by atoms with Crippen molar-refractivity contribution in [2.75, 3.05) is 13.7 Å². The Hall–Kier alpha value is -4.24. The second-order valence-corrected chi connectivity index (χ2v) is 9.63. The number of aryl methyl sites for hydroxylation is 2. The van der Waals surface area contributed by atoms with Gasteiger partial charge in [0.05, 0.1) is 12.3 Å².